The summed E-state index contributed by atoms with van der Waals surface area (Å²) in [6, 6.07) is 12.3. The standard InChI is InChI=1S/C20H20N4O4S/c25-29(26,15-4-2-1-3-5-15)24-8-6-23(7-9-24)20-16-12-18-19(28-11-10-27-18)13-17(16)21-14-22-20/h1-5,12-14H,6-11H2. The number of hydrogen-bond donors (Lipinski definition) is 0. The third-order valence-electron chi connectivity index (χ3n) is 5.20. The normalized spacial score (nSPS) is 17.4. The summed E-state index contributed by atoms with van der Waals surface area (Å²) in [7, 11) is -3.48. The van der Waals surface area contributed by atoms with Gasteiger partial charge in [0.05, 0.1) is 10.4 Å². The average molecular weight is 412 g/mol. The maximum absolute atomic E-state index is 12.9. The molecule has 0 aliphatic carbocycles. The molecule has 8 nitrogen and oxygen atoms in total. The lowest BCUT2D eigenvalue weighted by atomic mass is 10.2. The van der Waals surface area contributed by atoms with E-state index in [0.717, 1.165) is 16.7 Å². The summed E-state index contributed by atoms with van der Waals surface area (Å²) in [6.45, 7) is 2.92. The van der Waals surface area contributed by atoms with E-state index in [1.54, 1.807) is 24.3 Å². The van der Waals surface area contributed by atoms with Crippen LogP contribution >= 0.6 is 0 Å². The Balaban J connectivity index is 1.40. The van der Waals surface area contributed by atoms with E-state index < -0.39 is 10.0 Å². The molecule has 5 rings (SSSR count). The minimum absolute atomic E-state index is 0.324. The molecule has 1 fully saturated rings. The van der Waals surface area contributed by atoms with Crippen molar-refractivity contribution in [2.24, 2.45) is 0 Å². The lowest BCUT2D eigenvalue weighted by Crippen LogP contribution is -2.49. The van der Waals surface area contributed by atoms with E-state index in [0.29, 0.717) is 55.8 Å². The number of sulfonamides is 1. The van der Waals surface area contributed by atoms with Gasteiger partial charge in [-0.3, -0.25) is 0 Å². The summed E-state index contributed by atoms with van der Waals surface area (Å²) < 4.78 is 38.6. The van der Waals surface area contributed by atoms with Gasteiger partial charge in [0.25, 0.3) is 0 Å². The molecule has 0 bridgehead atoms. The highest BCUT2D eigenvalue weighted by molar-refractivity contribution is 7.89. The topological polar surface area (TPSA) is 84.9 Å². The number of benzene rings is 2. The quantitative estimate of drug-likeness (QED) is 0.650. The number of piperazine rings is 1. The van der Waals surface area contributed by atoms with Gasteiger partial charge in [-0.1, -0.05) is 18.2 Å². The number of ether oxygens (including phenoxy) is 2. The molecule has 1 aromatic heterocycles. The lowest BCUT2D eigenvalue weighted by molar-refractivity contribution is 0.172. The van der Waals surface area contributed by atoms with Crippen LogP contribution in [0.1, 0.15) is 0 Å². The SMILES string of the molecule is O=S(=O)(c1ccccc1)N1CCN(c2ncnc3cc4c(cc23)OCCO4)CC1. The average Bonchev–Trinajstić information content (AvgIpc) is 2.78. The third-order valence-corrected chi connectivity index (χ3v) is 7.11. The second-order valence-electron chi connectivity index (χ2n) is 6.91. The van der Waals surface area contributed by atoms with Crippen LogP contribution in [0.4, 0.5) is 5.82 Å². The van der Waals surface area contributed by atoms with Gasteiger partial charge in [0.15, 0.2) is 11.5 Å². The molecule has 0 unspecified atom stereocenters. The second kappa shape index (κ2) is 7.16. The van der Waals surface area contributed by atoms with Crippen LogP contribution in [0.5, 0.6) is 11.5 Å². The summed E-state index contributed by atoms with van der Waals surface area (Å²) in [6.07, 6.45) is 1.53. The molecule has 0 N–H and O–H groups in total. The zero-order valence-corrected chi connectivity index (χ0v) is 16.5. The Hall–Kier alpha value is -2.91. The molecular formula is C20H20N4O4S. The zero-order valence-electron chi connectivity index (χ0n) is 15.7. The Morgan fingerprint density at radius 2 is 1.55 bits per heavy atom. The molecule has 0 spiro atoms. The van der Waals surface area contributed by atoms with Crippen molar-refractivity contribution < 1.29 is 17.9 Å². The van der Waals surface area contributed by atoms with Crippen molar-refractivity contribution in [1.82, 2.24) is 14.3 Å². The van der Waals surface area contributed by atoms with Crippen molar-refractivity contribution in [2.45, 2.75) is 4.90 Å². The van der Waals surface area contributed by atoms with Gasteiger partial charge in [0.2, 0.25) is 10.0 Å². The summed E-state index contributed by atoms with van der Waals surface area (Å²) >= 11 is 0. The molecule has 0 radical (unpaired) electrons. The monoisotopic (exact) mass is 412 g/mol. The van der Waals surface area contributed by atoms with Gasteiger partial charge < -0.3 is 14.4 Å². The first-order chi connectivity index (χ1) is 14.1. The Morgan fingerprint density at radius 3 is 2.28 bits per heavy atom. The van der Waals surface area contributed by atoms with Gasteiger partial charge in [0, 0.05) is 37.6 Å². The number of anilines is 1. The highest BCUT2D eigenvalue weighted by Gasteiger charge is 2.29. The number of fused-ring (bicyclic) bond motifs is 2. The molecule has 2 aromatic carbocycles. The predicted octanol–water partition coefficient (Wildman–Crippen LogP) is 1.91. The maximum atomic E-state index is 12.9. The summed E-state index contributed by atoms with van der Waals surface area (Å²) in [5.74, 6) is 2.15. The van der Waals surface area contributed by atoms with E-state index in [1.165, 1.54) is 10.6 Å². The van der Waals surface area contributed by atoms with Crippen molar-refractivity contribution in [3.05, 3.63) is 48.8 Å². The Bertz CT molecular complexity index is 1150. The Morgan fingerprint density at radius 1 is 0.862 bits per heavy atom. The molecule has 9 heteroatoms. The fraction of sp³-hybridized carbons (Fsp3) is 0.300. The van der Waals surface area contributed by atoms with Gasteiger partial charge in [-0.15, -0.1) is 0 Å². The molecule has 2 aliphatic heterocycles. The summed E-state index contributed by atoms with van der Waals surface area (Å²) in [5.41, 5.74) is 0.776. The van der Waals surface area contributed by atoms with Crippen LogP contribution in [0.15, 0.2) is 53.7 Å². The van der Waals surface area contributed by atoms with Crippen molar-refractivity contribution in [1.29, 1.82) is 0 Å². The molecule has 3 aromatic rings. The van der Waals surface area contributed by atoms with Crippen LogP contribution < -0.4 is 14.4 Å². The van der Waals surface area contributed by atoms with Crippen LogP contribution in [0.2, 0.25) is 0 Å². The van der Waals surface area contributed by atoms with Crippen LogP contribution in [-0.4, -0.2) is 62.1 Å². The first-order valence-corrected chi connectivity index (χ1v) is 10.9. The highest BCUT2D eigenvalue weighted by atomic mass is 32.2. The molecule has 150 valence electrons. The minimum atomic E-state index is -3.48. The third kappa shape index (κ3) is 3.26. The van der Waals surface area contributed by atoms with Gasteiger partial charge in [-0.05, 0) is 18.2 Å². The highest BCUT2D eigenvalue weighted by Crippen LogP contribution is 2.36. The second-order valence-corrected chi connectivity index (χ2v) is 8.85. The fourth-order valence-electron chi connectivity index (χ4n) is 3.71. The smallest absolute Gasteiger partial charge is 0.243 e. The largest absolute Gasteiger partial charge is 0.486 e. The number of rotatable bonds is 3. The van der Waals surface area contributed by atoms with Crippen LogP contribution in [-0.2, 0) is 10.0 Å². The van der Waals surface area contributed by atoms with Gasteiger partial charge in [-0.25, -0.2) is 18.4 Å². The summed E-state index contributed by atoms with van der Waals surface area (Å²) in [4.78, 5) is 11.3. The molecule has 0 amide bonds. The van der Waals surface area contributed by atoms with Crippen molar-refractivity contribution in [3.63, 3.8) is 0 Å². The van der Waals surface area contributed by atoms with E-state index in [9.17, 15) is 8.42 Å². The minimum Gasteiger partial charge on any atom is -0.486 e. The van der Waals surface area contributed by atoms with Crippen molar-refractivity contribution in [2.75, 3.05) is 44.3 Å². The molecule has 1 saturated heterocycles. The van der Waals surface area contributed by atoms with E-state index in [4.69, 9.17) is 9.47 Å². The molecule has 29 heavy (non-hydrogen) atoms. The van der Waals surface area contributed by atoms with Crippen LogP contribution in [0.25, 0.3) is 10.9 Å². The first-order valence-electron chi connectivity index (χ1n) is 9.47. The van der Waals surface area contributed by atoms with Gasteiger partial charge in [-0.2, -0.15) is 4.31 Å². The van der Waals surface area contributed by atoms with Gasteiger partial charge >= 0.3 is 0 Å². The Labute approximate surface area is 168 Å². The summed E-state index contributed by atoms with van der Waals surface area (Å²) in [5, 5.41) is 0.871. The van der Waals surface area contributed by atoms with Gasteiger partial charge in [0.1, 0.15) is 25.4 Å². The Kier molecular flexibility index (Phi) is 4.48. The van der Waals surface area contributed by atoms with E-state index >= 15 is 0 Å². The van der Waals surface area contributed by atoms with Crippen LogP contribution in [0, 0.1) is 0 Å². The number of hydrogen-bond acceptors (Lipinski definition) is 7. The van der Waals surface area contributed by atoms with Crippen LogP contribution in [0.3, 0.4) is 0 Å². The van der Waals surface area contributed by atoms with Crippen molar-refractivity contribution >= 4 is 26.7 Å². The van der Waals surface area contributed by atoms with E-state index in [-0.39, 0.29) is 0 Å². The molecule has 0 atom stereocenters. The predicted molar refractivity (Wildman–Crippen MR) is 108 cm³/mol. The maximum Gasteiger partial charge on any atom is 0.243 e. The molecule has 0 saturated carbocycles. The number of nitrogens with zero attached hydrogens (tertiary/aromatic N) is 4. The number of aromatic nitrogens is 2. The van der Waals surface area contributed by atoms with E-state index in [1.807, 2.05) is 18.2 Å². The molecular weight excluding hydrogens is 392 g/mol. The molecule has 3 heterocycles. The first kappa shape index (κ1) is 18.1. The van der Waals surface area contributed by atoms with Crippen molar-refractivity contribution in [3.8, 4) is 11.5 Å². The lowest BCUT2D eigenvalue weighted by Gasteiger charge is -2.35. The fourth-order valence-corrected chi connectivity index (χ4v) is 5.16. The molecule has 2 aliphatic rings. The van der Waals surface area contributed by atoms with E-state index in [2.05, 4.69) is 14.9 Å². The zero-order chi connectivity index (χ0) is 19.8.